The normalized spacial score (nSPS) is 13.7. The molecule has 2 aromatic heterocycles. The summed E-state index contributed by atoms with van der Waals surface area (Å²) in [6, 6.07) is 9.76. The Morgan fingerprint density at radius 1 is 1.18 bits per heavy atom. The van der Waals surface area contributed by atoms with Crippen LogP contribution in [0.4, 0.5) is 0 Å². The van der Waals surface area contributed by atoms with Gasteiger partial charge in [-0.25, -0.2) is 4.79 Å². The predicted octanol–water partition coefficient (Wildman–Crippen LogP) is 4.95. The number of nitrogens with zero attached hydrogens (tertiary/aromatic N) is 5. The van der Waals surface area contributed by atoms with Gasteiger partial charge < -0.3 is 14.0 Å². The Morgan fingerprint density at radius 3 is 2.53 bits per heavy atom. The second-order valence-electron chi connectivity index (χ2n) is 9.54. The van der Waals surface area contributed by atoms with Crippen LogP contribution in [-0.2, 0) is 20.8 Å². The highest BCUT2D eigenvalue weighted by Crippen LogP contribution is 2.46. The van der Waals surface area contributed by atoms with Crippen LogP contribution in [0.2, 0.25) is 5.02 Å². The highest BCUT2D eigenvalue weighted by atomic mass is 35.5. The van der Waals surface area contributed by atoms with E-state index in [1.165, 1.54) is 7.11 Å². The van der Waals surface area contributed by atoms with Crippen molar-refractivity contribution in [3.63, 3.8) is 0 Å². The van der Waals surface area contributed by atoms with Crippen molar-refractivity contribution in [2.24, 2.45) is 0 Å². The maximum atomic E-state index is 13.2. The zero-order valence-corrected chi connectivity index (χ0v) is 20.8. The number of carbonyl (C=O) groups is 1. The second-order valence-corrected chi connectivity index (χ2v) is 9.98. The molecule has 0 unspecified atom stereocenters. The highest BCUT2D eigenvalue weighted by molar-refractivity contribution is 6.30. The van der Waals surface area contributed by atoms with E-state index in [0.29, 0.717) is 11.6 Å². The van der Waals surface area contributed by atoms with Gasteiger partial charge in [0, 0.05) is 21.7 Å². The molecule has 8 nitrogen and oxygen atoms in total. The molecule has 1 atom stereocenters. The van der Waals surface area contributed by atoms with Gasteiger partial charge in [-0.05, 0) is 79.9 Å². The van der Waals surface area contributed by atoms with Gasteiger partial charge in [-0.2, -0.15) is 4.68 Å². The maximum absolute atomic E-state index is 13.2. The molecule has 5 rings (SSSR count). The zero-order valence-electron chi connectivity index (χ0n) is 20.0. The van der Waals surface area contributed by atoms with Crippen LogP contribution in [0.15, 0.2) is 30.3 Å². The van der Waals surface area contributed by atoms with Crippen LogP contribution in [-0.4, -0.2) is 43.5 Å². The number of esters is 1. The number of methoxy groups -OCH3 is 1. The molecule has 0 N–H and O–H groups in total. The van der Waals surface area contributed by atoms with Gasteiger partial charge in [-0.3, -0.25) is 0 Å². The lowest BCUT2D eigenvalue weighted by molar-refractivity contribution is -0.164. The van der Waals surface area contributed by atoms with E-state index in [1.807, 2.05) is 52.0 Å². The van der Waals surface area contributed by atoms with E-state index in [0.717, 1.165) is 50.4 Å². The standard InChI is InChI=1S/C25H26ClN5O3/c1-13-11-17-20(15-7-9-16(26)10-8-15)19(23(24(32)33-6)34-25(3,4)5)14(2)21-22(17)30(13)12-18-27-28-29-31(18)21/h7-11,23H,12H2,1-6H3/t23-/m0/s1. The molecule has 0 aliphatic carbocycles. The molecule has 0 saturated carbocycles. The number of aromatic nitrogens is 5. The first-order valence-electron chi connectivity index (χ1n) is 11.1. The third-order valence-electron chi connectivity index (χ3n) is 6.15. The van der Waals surface area contributed by atoms with Gasteiger partial charge in [0.15, 0.2) is 11.9 Å². The summed E-state index contributed by atoms with van der Waals surface area (Å²) in [6.45, 7) is 10.4. The average molecular weight is 480 g/mol. The van der Waals surface area contributed by atoms with Crippen LogP contribution >= 0.6 is 11.6 Å². The number of aryl methyl sites for hydroxylation is 1. The fraction of sp³-hybridized carbons (Fsp3) is 0.360. The van der Waals surface area contributed by atoms with E-state index in [2.05, 4.69) is 33.1 Å². The average Bonchev–Trinajstić information content (AvgIpc) is 3.38. The van der Waals surface area contributed by atoms with Crippen molar-refractivity contribution >= 4 is 28.5 Å². The third-order valence-corrected chi connectivity index (χ3v) is 6.41. The highest BCUT2D eigenvalue weighted by Gasteiger charge is 2.36. The molecule has 0 amide bonds. The second kappa shape index (κ2) is 7.92. The molecule has 0 fully saturated rings. The van der Waals surface area contributed by atoms with E-state index in [4.69, 9.17) is 21.1 Å². The SMILES string of the molecule is COC(=O)[C@@H](OC(C)(C)C)c1c(C)c2c3c(cc(C)n3Cc3nnnn3-2)c1-c1ccc(Cl)cc1. The topological polar surface area (TPSA) is 84.1 Å². The summed E-state index contributed by atoms with van der Waals surface area (Å²) in [5.74, 6) is 0.261. The number of benzene rings is 2. The third kappa shape index (κ3) is 3.49. The van der Waals surface area contributed by atoms with Crippen molar-refractivity contribution in [3.8, 4) is 16.8 Å². The number of rotatable bonds is 4. The Bertz CT molecular complexity index is 1430. The first-order chi connectivity index (χ1) is 16.1. The molecule has 0 bridgehead atoms. The molecule has 4 aromatic rings. The lowest BCUT2D eigenvalue weighted by atomic mass is 9.87. The minimum absolute atomic E-state index is 0.469. The number of hydrogen-bond acceptors (Lipinski definition) is 6. The van der Waals surface area contributed by atoms with E-state index >= 15 is 0 Å². The first-order valence-corrected chi connectivity index (χ1v) is 11.4. The number of hydrogen-bond donors (Lipinski definition) is 0. The van der Waals surface area contributed by atoms with Gasteiger partial charge in [0.05, 0.1) is 30.5 Å². The molecular formula is C25H26ClN5O3. The van der Waals surface area contributed by atoms with Gasteiger partial charge >= 0.3 is 5.97 Å². The molecular weight excluding hydrogens is 454 g/mol. The monoisotopic (exact) mass is 479 g/mol. The summed E-state index contributed by atoms with van der Waals surface area (Å²) >= 11 is 6.21. The number of tetrazole rings is 1. The Labute approximate surface area is 202 Å². The fourth-order valence-electron chi connectivity index (χ4n) is 4.78. The van der Waals surface area contributed by atoms with Gasteiger partial charge in [-0.1, -0.05) is 23.7 Å². The Balaban J connectivity index is 1.95. The van der Waals surface area contributed by atoms with Crippen LogP contribution < -0.4 is 0 Å². The van der Waals surface area contributed by atoms with Gasteiger partial charge in [-0.15, -0.1) is 5.10 Å². The Kier molecular flexibility index (Phi) is 5.26. The Hall–Kier alpha value is -3.23. The number of carbonyl (C=O) groups excluding carboxylic acids is 1. The molecule has 3 heterocycles. The van der Waals surface area contributed by atoms with Crippen molar-refractivity contribution in [2.45, 2.75) is 52.9 Å². The summed E-state index contributed by atoms with van der Waals surface area (Å²) in [7, 11) is 1.38. The zero-order chi connectivity index (χ0) is 24.4. The van der Waals surface area contributed by atoms with Crippen molar-refractivity contribution < 1.29 is 14.3 Å². The smallest absolute Gasteiger partial charge is 0.339 e. The lowest BCUT2D eigenvalue weighted by Crippen LogP contribution is -2.30. The van der Waals surface area contributed by atoms with E-state index in [-0.39, 0.29) is 0 Å². The van der Waals surface area contributed by atoms with Gasteiger partial charge in [0.1, 0.15) is 0 Å². The summed E-state index contributed by atoms with van der Waals surface area (Å²) < 4.78 is 15.5. The number of fused-ring (bicyclic) bond motifs is 2. The molecule has 0 spiro atoms. The predicted molar refractivity (Wildman–Crippen MR) is 129 cm³/mol. The van der Waals surface area contributed by atoms with Crippen LogP contribution in [0.25, 0.3) is 27.7 Å². The van der Waals surface area contributed by atoms with Crippen molar-refractivity contribution in [1.29, 1.82) is 0 Å². The minimum Gasteiger partial charge on any atom is -0.467 e. The van der Waals surface area contributed by atoms with Crippen LogP contribution in [0.1, 0.15) is 49.5 Å². The number of ether oxygens (including phenoxy) is 2. The molecule has 0 saturated heterocycles. The first kappa shape index (κ1) is 22.6. The molecule has 176 valence electrons. The molecule has 1 aliphatic heterocycles. The van der Waals surface area contributed by atoms with Crippen molar-refractivity contribution in [2.75, 3.05) is 7.11 Å². The van der Waals surface area contributed by atoms with Gasteiger partial charge in [0.2, 0.25) is 0 Å². The molecule has 0 radical (unpaired) electrons. The minimum atomic E-state index is -0.957. The Morgan fingerprint density at radius 2 is 1.88 bits per heavy atom. The van der Waals surface area contributed by atoms with E-state index in [9.17, 15) is 4.79 Å². The van der Waals surface area contributed by atoms with Crippen LogP contribution in [0, 0.1) is 13.8 Å². The lowest BCUT2D eigenvalue weighted by Gasteiger charge is -2.30. The van der Waals surface area contributed by atoms with E-state index < -0.39 is 17.7 Å². The molecule has 34 heavy (non-hydrogen) atoms. The van der Waals surface area contributed by atoms with Crippen molar-refractivity contribution in [1.82, 2.24) is 24.8 Å². The maximum Gasteiger partial charge on any atom is 0.339 e. The number of halogens is 1. The quantitative estimate of drug-likeness (QED) is 0.339. The summed E-state index contributed by atoms with van der Waals surface area (Å²) in [6.07, 6.45) is -0.957. The summed E-state index contributed by atoms with van der Waals surface area (Å²) in [5, 5.41) is 14.0. The molecule has 1 aliphatic rings. The fourth-order valence-corrected chi connectivity index (χ4v) is 4.91. The van der Waals surface area contributed by atoms with Crippen molar-refractivity contribution in [3.05, 3.63) is 58.0 Å². The molecule has 2 aromatic carbocycles. The largest absolute Gasteiger partial charge is 0.467 e. The summed E-state index contributed by atoms with van der Waals surface area (Å²) in [4.78, 5) is 13.2. The van der Waals surface area contributed by atoms with Crippen LogP contribution in [0.5, 0.6) is 0 Å². The molecule has 9 heteroatoms. The van der Waals surface area contributed by atoms with Gasteiger partial charge in [0.25, 0.3) is 0 Å². The van der Waals surface area contributed by atoms with Crippen LogP contribution in [0.3, 0.4) is 0 Å². The van der Waals surface area contributed by atoms with E-state index in [1.54, 1.807) is 4.68 Å². The summed E-state index contributed by atoms with van der Waals surface area (Å²) in [5.41, 5.74) is 5.75.